The topological polar surface area (TPSA) is 57.2 Å². The maximum absolute atomic E-state index is 10.7. The Morgan fingerprint density at radius 3 is 1.67 bits per heavy atom. The van der Waals surface area contributed by atoms with E-state index < -0.39 is 29.5 Å². The average Bonchev–Trinajstić information content (AvgIpc) is 2.16. The van der Waals surface area contributed by atoms with Gasteiger partial charge in [-0.15, -0.1) is 0 Å². The quantitative estimate of drug-likeness (QED) is 0.443. The van der Waals surface area contributed by atoms with Crippen molar-refractivity contribution in [3.63, 3.8) is 0 Å². The molecule has 0 bridgehead atoms. The number of aryl methyl sites for hydroxylation is 1. The van der Waals surface area contributed by atoms with E-state index in [2.05, 4.69) is 42.8 Å². The van der Waals surface area contributed by atoms with E-state index in [4.69, 9.17) is 13.0 Å². The van der Waals surface area contributed by atoms with Crippen LogP contribution in [0.1, 0.15) is 5.56 Å². The summed E-state index contributed by atoms with van der Waals surface area (Å²) < 4.78 is 60.4. The molecule has 0 saturated heterocycles. The number of hydrogen-bond acceptors (Lipinski definition) is 3. The Labute approximate surface area is 109 Å². The summed E-state index contributed by atoms with van der Waals surface area (Å²) in [5.74, 6) is 4.68. The van der Waals surface area contributed by atoms with E-state index in [1.54, 1.807) is 4.46 Å². The van der Waals surface area contributed by atoms with Gasteiger partial charge in [0, 0.05) is 0 Å². The minimum Gasteiger partial charge on any atom is -0.741 e. The van der Waals surface area contributed by atoms with Crippen molar-refractivity contribution in [2.75, 3.05) is 0 Å². The van der Waals surface area contributed by atoms with Crippen LogP contribution in [0, 0.1) is 6.92 Å². The van der Waals surface area contributed by atoms with E-state index in [0.717, 1.165) is 0 Å². The van der Waals surface area contributed by atoms with Crippen LogP contribution in [0.15, 0.2) is 24.3 Å². The molecule has 0 aromatic heterocycles. The van der Waals surface area contributed by atoms with Gasteiger partial charge in [0.2, 0.25) is 0 Å². The Morgan fingerprint density at radius 2 is 1.44 bits per heavy atom. The summed E-state index contributed by atoms with van der Waals surface area (Å²) in [6.45, 7) is 2.13. The van der Waals surface area contributed by atoms with E-state index >= 15 is 0 Å². The normalized spacial score (nSPS) is 12.0. The van der Waals surface area contributed by atoms with Crippen molar-refractivity contribution in [3.05, 3.63) is 29.8 Å². The van der Waals surface area contributed by atoms with Crippen molar-refractivity contribution in [3.8, 4) is 0 Å². The third kappa shape index (κ3) is 6.39. The van der Waals surface area contributed by atoms with E-state index in [1.807, 2.05) is 0 Å². The number of alkyl halides is 3. The van der Waals surface area contributed by atoms with Gasteiger partial charge >= 0.3 is 72.3 Å². The molecule has 1 rings (SSSR count). The fourth-order valence-electron chi connectivity index (χ4n) is 0.810. The van der Waals surface area contributed by atoms with Crippen molar-refractivity contribution in [1.82, 2.24) is 0 Å². The number of rotatable bonds is 1. The van der Waals surface area contributed by atoms with Crippen molar-refractivity contribution < 1.29 is 26.1 Å². The van der Waals surface area contributed by atoms with Crippen LogP contribution in [-0.2, 0) is 10.1 Å². The largest absolute Gasteiger partial charge is 0.741 e. The molecule has 0 atom stereocenters. The zero-order valence-corrected chi connectivity index (χ0v) is 12.5. The van der Waals surface area contributed by atoms with Crippen LogP contribution in [0.4, 0.5) is 13.2 Å². The average molecular weight is 349 g/mol. The molecule has 0 aliphatic carbocycles. The van der Waals surface area contributed by atoms with Crippen LogP contribution in [-0.4, -0.2) is 32.4 Å². The zero-order valence-electron chi connectivity index (χ0n) is 9.98. The monoisotopic (exact) mass is 350 g/mol. The number of benzene rings is 1. The van der Waals surface area contributed by atoms with Crippen LogP contribution < -0.4 is 4.46 Å². The third-order valence-corrected chi connectivity index (χ3v) is 4.89. The molecule has 0 N–H and O–H groups in total. The Balaban J connectivity index is 0.000000331. The molecule has 1 aromatic carbocycles. The third-order valence-electron chi connectivity index (χ3n) is 1.78. The van der Waals surface area contributed by atoms with E-state index in [1.165, 1.54) is 5.56 Å². The molecule has 3 nitrogen and oxygen atoms in total. The molecule has 1 aromatic rings. The molecular weight excluding hydrogens is 336 g/mol. The van der Waals surface area contributed by atoms with Gasteiger partial charge in [0.05, 0.1) is 0 Å². The zero-order chi connectivity index (χ0) is 14.6. The van der Waals surface area contributed by atoms with Crippen LogP contribution in [0.3, 0.4) is 0 Å². The second kappa shape index (κ2) is 6.56. The van der Waals surface area contributed by atoms with E-state index in [9.17, 15) is 13.2 Å². The van der Waals surface area contributed by atoms with Gasteiger partial charge in [-0.25, -0.2) is 8.42 Å². The predicted molar refractivity (Wildman–Crippen MR) is 64.0 cm³/mol. The Morgan fingerprint density at radius 1 is 1.11 bits per heavy atom. The number of halogens is 3. The van der Waals surface area contributed by atoms with Crippen LogP contribution in [0.25, 0.3) is 0 Å². The molecule has 0 saturated carbocycles. The maximum atomic E-state index is 10.7. The summed E-state index contributed by atoms with van der Waals surface area (Å²) in [4.78, 5) is 0. The van der Waals surface area contributed by atoms with Crippen molar-refractivity contribution >= 4 is 28.5 Å². The summed E-state index contributed by atoms with van der Waals surface area (Å²) in [6, 6.07) is 8.89. The van der Waals surface area contributed by atoms with Gasteiger partial charge in [-0.2, -0.15) is 13.2 Å². The van der Waals surface area contributed by atoms with Gasteiger partial charge in [0.25, 0.3) is 0 Å². The number of hydrogen-bond donors (Lipinski definition) is 0. The van der Waals surface area contributed by atoms with Crippen LogP contribution >= 0.6 is 0 Å². The first-order valence-electron chi connectivity index (χ1n) is 4.61. The molecule has 0 aliphatic rings. The molecule has 0 heterocycles. The Hall–Kier alpha value is -0.561. The molecule has 18 heavy (non-hydrogen) atoms. The molecule has 104 valence electrons. The molecule has 0 aliphatic heterocycles. The van der Waals surface area contributed by atoms with Crippen molar-refractivity contribution in [2.24, 2.45) is 0 Å². The van der Waals surface area contributed by atoms with Gasteiger partial charge in [-0.1, -0.05) is 0 Å². The SMILES string of the molecule is Cc1ccc([Se+](C)C)cc1.O=S(=O)([O-])C(F)(F)F. The minimum atomic E-state index is -6.09. The maximum Gasteiger partial charge on any atom is 0.485 e. The smallest absolute Gasteiger partial charge is 0.485 e. The van der Waals surface area contributed by atoms with Crippen molar-refractivity contribution in [1.29, 1.82) is 0 Å². The summed E-state index contributed by atoms with van der Waals surface area (Å²) in [5, 5.41) is 0. The second-order valence-corrected chi connectivity index (χ2v) is 9.32. The van der Waals surface area contributed by atoms with E-state index in [0.29, 0.717) is 0 Å². The van der Waals surface area contributed by atoms with E-state index in [-0.39, 0.29) is 0 Å². The first-order valence-corrected chi connectivity index (χ1v) is 10.3. The molecule has 0 amide bonds. The molecule has 0 radical (unpaired) electrons. The molecule has 0 fully saturated rings. The van der Waals surface area contributed by atoms with Gasteiger partial charge in [-0.3, -0.25) is 0 Å². The van der Waals surface area contributed by atoms with Crippen LogP contribution in [0.2, 0.25) is 11.6 Å². The summed E-state index contributed by atoms with van der Waals surface area (Å²) in [7, 11) is -6.09. The summed E-state index contributed by atoms with van der Waals surface area (Å²) in [6.07, 6.45) is 0. The fourth-order valence-corrected chi connectivity index (χ4v) is 2.24. The van der Waals surface area contributed by atoms with Gasteiger partial charge in [0.15, 0.2) is 10.1 Å². The molecule has 0 unspecified atom stereocenters. The standard InChI is InChI=1S/C9H13Se.CHF3O3S/c1-8-4-6-9(7-5-8)10(2)3;2-1(3,4)8(5,6)7/h4-7H,1-3H3;(H,5,6,7)/q+1;/p-1. The Bertz CT molecular complexity index is 466. The Kier molecular flexibility index (Phi) is 6.36. The predicted octanol–water partition coefficient (Wildman–Crippen LogP) is 2.01. The van der Waals surface area contributed by atoms with Gasteiger partial charge in [0.1, 0.15) is 0 Å². The molecule has 8 heteroatoms. The minimum absolute atomic E-state index is 0.429. The first-order chi connectivity index (χ1) is 7.95. The van der Waals surface area contributed by atoms with Crippen molar-refractivity contribution in [2.45, 2.75) is 24.1 Å². The van der Waals surface area contributed by atoms with Gasteiger partial charge < -0.3 is 4.55 Å². The molecule has 0 spiro atoms. The summed E-state index contributed by atoms with van der Waals surface area (Å²) in [5.41, 5.74) is -4.29. The summed E-state index contributed by atoms with van der Waals surface area (Å²) >= 11 is -0.429. The second-order valence-electron chi connectivity index (χ2n) is 3.53. The first kappa shape index (κ1) is 17.4. The van der Waals surface area contributed by atoms with Crippen LogP contribution in [0.5, 0.6) is 0 Å². The molecular formula is C10H13F3O3SSe. The van der Waals surface area contributed by atoms with Gasteiger partial charge in [-0.05, 0) is 0 Å². The fraction of sp³-hybridized carbons (Fsp3) is 0.400.